The Labute approximate surface area is 226 Å². The Bertz CT molecular complexity index is 1110. The number of halogens is 3. The zero-order valence-corrected chi connectivity index (χ0v) is 23.0. The second-order valence-corrected chi connectivity index (χ2v) is 8.26. The number of aromatic nitrogens is 1. The van der Waals surface area contributed by atoms with Crippen molar-refractivity contribution in [2.45, 2.75) is 72.7 Å². The van der Waals surface area contributed by atoms with Gasteiger partial charge in [-0.3, -0.25) is 15.0 Å². The molecule has 12 heteroatoms. The van der Waals surface area contributed by atoms with Crippen molar-refractivity contribution < 1.29 is 37.7 Å². The van der Waals surface area contributed by atoms with Gasteiger partial charge in [-0.05, 0) is 55.7 Å². The molecular formula is C26H34ClF2N3O6. The third-order valence-corrected chi connectivity index (χ3v) is 5.82. The lowest BCUT2D eigenvalue weighted by Crippen LogP contribution is -2.70. The van der Waals surface area contributed by atoms with E-state index in [1.165, 1.54) is 24.4 Å². The zero-order chi connectivity index (χ0) is 28.6. The molecule has 0 spiro atoms. The molecule has 0 radical (unpaired) electrons. The lowest BCUT2D eigenvalue weighted by Gasteiger charge is -2.48. The lowest BCUT2D eigenvalue weighted by molar-refractivity contribution is -0.286. The summed E-state index contributed by atoms with van der Waals surface area (Å²) in [5.74, 6) is -2.11. The number of benzene rings is 1. The molecule has 0 aliphatic carbocycles. The van der Waals surface area contributed by atoms with Gasteiger partial charge in [0, 0.05) is 12.2 Å². The van der Waals surface area contributed by atoms with E-state index in [4.69, 9.17) is 16.3 Å². The third kappa shape index (κ3) is 7.09. The number of β-lactam (4-membered cyclic amide) rings is 1. The summed E-state index contributed by atoms with van der Waals surface area (Å²) in [5.41, 5.74) is 1.20. The zero-order valence-electron chi connectivity index (χ0n) is 22.2. The number of aliphatic hydroxyl groups excluding tert-OH is 1. The fraction of sp³-hybridized carbons (Fsp3) is 0.500. The number of alkyl halides is 2. The topological polar surface area (TPSA) is 110 Å². The first-order chi connectivity index (χ1) is 18.1. The fourth-order valence-electron chi connectivity index (χ4n) is 4.01. The van der Waals surface area contributed by atoms with Crippen LogP contribution in [0.15, 0.2) is 36.5 Å². The summed E-state index contributed by atoms with van der Waals surface area (Å²) in [6, 6.07) is 5.84. The molecule has 2 N–H and O–H groups in total. The number of carbonyl (C=O) groups excluding carboxylic acids is 2. The first-order valence-corrected chi connectivity index (χ1v) is 12.9. The van der Waals surface area contributed by atoms with Crippen LogP contribution in [0, 0.1) is 5.92 Å². The number of ether oxygens (including phenoxy) is 3. The van der Waals surface area contributed by atoms with E-state index in [1.807, 2.05) is 27.7 Å². The molecule has 4 rings (SSSR count). The van der Waals surface area contributed by atoms with Crippen molar-refractivity contribution in [3.63, 3.8) is 0 Å². The molecule has 1 fully saturated rings. The summed E-state index contributed by atoms with van der Waals surface area (Å²) in [6.45, 7) is 11.4. The first kappa shape index (κ1) is 31.2. The summed E-state index contributed by atoms with van der Waals surface area (Å²) in [4.78, 5) is 30.4. The normalized spacial score (nSPS) is 20.2. The minimum atomic E-state index is -3.75. The molecule has 2 aliphatic heterocycles. The Kier molecular flexibility index (Phi) is 11.2. The Morgan fingerprint density at radius 3 is 2.50 bits per heavy atom. The molecule has 4 atom stereocenters. The number of pyridine rings is 1. The van der Waals surface area contributed by atoms with Crippen molar-refractivity contribution in [1.82, 2.24) is 15.2 Å². The van der Waals surface area contributed by atoms with E-state index in [2.05, 4.69) is 19.8 Å². The van der Waals surface area contributed by atoms with E-state index in [9.17, 15) is 23.5 Å². The molecule has 9 nitrogen and oxygen atoms in total. The van der Waals surface area contributed by atoms with Gasteiger partial charge in [0.05, 0.1) is 12.5 Å². The van der Waals surface area contributed by atoms with Gasteiger partial charge in [0.2, 0.25) is 5.91 Å². The van der Waals surface area contributed by atoms with Gasteiger partial charge >= 0.3 is 12.3 Å². The van der Waals surface area contributed by atoms with Gasteiger partial charge in [-0.15, -0.1) is 8.78 Å². The predicted octanol–water partition coefficient (Wildman–Crippen LogP) is 4.67. The second kappa shape index (κ2) is 13.7. The van der Waals surface area contributed by atoms with Gasteiger partial charge in [0.25, 0.3) is 0 Å². The molecule has 3 heterocycles. The SMILES string of the molecule is CC.CC.CCOC(=O)C1[C@@H](Cc2ccnc(Cl)c2)C(=O)N1C(O)NC(C)c1ccc2c(c1)OC(F)(F)O2. The molecule has 1 aromatic carbocycles. The van der Waals surface area contributed by atoms with Crippen molar-refractivity contribution in [2.75, 3.05) is 6.61 Å². The maximum absolute atomic E-state index is 13.3. The summed E-state index contributed by atoms with van der Waals surface area (Å²) < 4.78 is 40.5. The molecule has 1 saturated heterocycles. The molecule has 210 valence electrons. The highest BCUT2D eigenvalue weighted by Gasteiger charge is 2.54. The summed E-state index contributed by atoms with van der Waals surface area (Å²) in [6.07, 6.45) is -3.58. The molecule has 0 saturated carbocycles. The second-order valence-electron chi connectivity index (χ2n) is 7.88. The Morgan fingerprint density at radius 1 is 1.21 bits per heavy atom. The fourth-order valence-corrected chi connectivity index (χ4v) is 4.21. The number of nitrogens with one attached hydrogen (secondary N) is 1. The first-order valence-electron chi connectivity index (χ1n) is 12.5. The van der Waals surface area contributed by atoms with Crippen LogP contribution in [0.25, 0.3) is 0 Å². The van der Waals surface area contributed by atoms with Crippen LogP contribution in [0.5, 0.6) is 11.5 Å². The lowest BCUT2D eigenvalue weighted by atomic mass is 9.82. The van der Waals surface area contributed by atoms with Gasteiger partial charge in [-0.2, -0.15) is 0 Å². The van der Waals surface area contributed by atoms with Crippen molar-refractivity contribution in [3.8, 4) is 11.5 Å². The van der Waals surface area contributed by atoms with Crippen molar-refractivity contribution >= 4 is 23.5 Å². The Morgan fingerprint density at radius 2 is 1.87 bits per heavy atom. The highest BCUT2D eigenvalue weighted by atomic mass is 35.5. The van der Waals surface area contributed by atoms with E-state index in [0.29, 0.717) is 11.1 Å². The Balaban J connectivity index is 0.00000121. The summed E-state index contributed by atoms with van der Waals surface area (Å²) in [5, 5.41) is 13.8. The predicted molar refractivity (Wildman–Crippen MR) is 137 cm³/mol. The molecule has 0 bridgehead atoms. The van der Waals surface area contributed by atoms with E-state index in [-0.39, 0.29) is 29.7 Å². The standard InChI is InChI=1S/C22H22ClF2N3O6.2C2H6/c1-3-32-20(30)18-14(8-12-6-7-26-17(23)9-12)19(29)28(18)21(31)27-11(2)13-4-5-15-16(10-13)34-22(24,25)33-15;2*1-2/h4-7,9-11,14,18,21,27,31H,3,8H2,1-2H3;2*1-2H3/t11?,14-,18?,21?;;/m1../s1. The molecule has 1 aromatic heterocycles. The van der Waals surface area contributed by atoms with E-state index in [1.54, 1.807) is 26.0 Å². The summed E-state index contributed by atoms with van der Waals surface area (Å²) in [7, 11) is 0. The number of likely N-dealkylation sites (tertiary alicyclic amines) is 1. The number of aliphatic hydroxyl groups is 1. The van der Waals surface area contributed by atoms with E-state index < -0.39 is 42.5 Å². The average Bonchev–Trinajstić information content (AvgIpc) is 3.20. The number of esters is 1. The van der Waals surface area contributed by atoms with Crippen LogP contribution in [-0.2, 0) is 20.7 Å². The van der Waals surface area contributed by atoms with Crippen molar-refractivity contribution in [3.05, 3.63) is 52.8 Å². The largest absolute Gasteiger partial charge is 0.586 e. The van der Waals surface area contributed by atoms with Crippen LogP contribution in [0.3, 0.4) is 0 Å². The van der Waals surface area contributed by atoms with Crippen molar-refractivity contribution in [2.24, 2.45) is 5.92 Å². The molecular weight excluding hydrogens is 524 g/mol. The maximum Gasteiger partial charge on any atom is 0.586 e. The van der Waals surface area contributed by atoms with Crippen LogP contribution < -0.4 is 14.8 Å². The average molecular weight is 558 g/mol. The smallest absolute Gasteiger partial charge is 0.464 e. The van der Waals surface area contributed by atoms with Crippen LogP contribution in [-0.4, -0.2) is 52.2 Å². The van der Waals surface area contributed by atoms with Crippen LogP contribution in [0.1, 0.15) is 58.7 Å². The number of amides is 1. The highest BCUT2D eigenvalue weighted by Crippen LogP contribution is 2.42. The number of rotatable bonds is 8. The van der Waals surface area contributed by atoms with Gasteiger partial charge in [-0.1, -0.05) is 45.4 Å². The molecule has 3 unspecified atom stereocenters. The summed E-state index contributed by atoms with van der Waals surface area (Å²) >= 11 is 5.91. The van der Waals surface area contributed by atoms with Crippen LogP contribution in [0.4, 0.5) is 8.78 Å². The molecule has 2 aliphatic rings. The minimum absolute atomic E-state index is 0.104. The van der Waals surface area contributed by atoms with Gasteiger partial charge < -0.3 is 19.3 Å². The number of hydrogen-bond donors (Lipinski definition) is 2. The minimum Gasteiger partial charge on any atom is -0.464 e. The van der Waals surface area contributed by atoms with Gasteiger partial charge in [-0.25, -0.2) is 9.78 Å². The number of hydrogen-bond acceptors (Lipinski definition) is 8. The molecule has 38 heavy (non-hydrogen) atoms. The Hall–Kier alpha value is -3.02. The maximum atomic E-state index is 13.3. The van der Waals surface area contributed by atoms with Gasteiger partial charge in [0.1, 0.15) is 11.2 Å². The number of carbonyl (C=O) groups is 2. The van der Waals surface area contributed by atoms with Crippen LogP contribution >= 0.6 is 11.6 Å². The number of nitrogens with zero attached hydrogens (tertiary/aromatic N) is 2. The van der Waals surface area contributed by atoms with Crippen LogP contribution in [0.2, 0.25) is 5.15 Å². The monoisotopic (exact) mass is 557 g/mol. The molecule has 1 amide bonds. The number of fused-ring (bicyclic) bond motifs is 1. The van der Waals surface area contributed by atoms with Gasteiger partial charge in [0.15, 0.2) is 17.9 Å². The van der Waals surface area contributed by atoms with E-state index in [0.717, 1.165) is 4.90 Å². The molecule has 2 aromatic rings. The quantitative estimate of drug-likeness (QED) is 0.209. The highest BCUT2D eigenvalue weighted by molar-refractivity contribution is 6.29. The van der Waals surface area contributed by atoms with E-state index >= 15 is 0 Å². The third-order valence-electron chi connectivity index (χ3n) is 5.62. The van der Waals surface area contributed by atoms with Crippen molar-refractivity contribution in [1.29, 1.82) is 0 Å².